The van der Waals surface area contributed by atoms with Crippen molar-refractivity contribution >= 4 is 17.2 Å². The zero-order valence-corrected chi connectivity index (χ0v) is 7.17. The van der Waals surface area contributed by atoms with Crippen molar-refractivity contribution in [1.29, 1.82) is 0 Å². The van der Waals surface area contributed by atoms with E-state index in [-0.39, 0.29) is 17.0 Å². The van der Waals surface area contributed by atoms with Crippen molar-refractivity contribution in [3.63, 3.8) is 0 Å². The molecule has 1 aromatic rings. The van der Waals surface area contributed by atoms with E-state index in [1.54, 1.807) is 0 Å². The third-order valence-electron chi connectivity index (χ3n) is 1.37. The summed E-state index contributed by atoms with van der Waals surface area (Å²) in [6, 6.07) is 0. The van der Waals surface area contributed by atoms with Crippen LogP contribution in [0.15, 0.2) is 6.20 Å². The molecule has 72 valence electrons. The van der Waals surface area contributed by atoms with Gasteiger partial charge in [0, 0.05) is 12.0 Å². The van der Waals surface area contributed by atoms with Crippen LogP contribution in [-0.2, 0) is 12.6 Å². The van der Waals surface area contributed by atoms with Gasteiger partial charge in [0.1, 0.15) is 5.69 Å². The van der Waals surface area contributed by atoms with Crippen LogP contribution in [0.25, 0.3) is 0 Å². The van der Waals surface area contributed by atoms with Gasteiger partial charge >= 0.3 is 6.18 Å². The third-order valence-corrected chi connectivity index (χ3v) is 1.51. The van der Waals surface area contributed by atoms with E-state index in [1.807, 2.05) is 5.10 Å². The second-order valence-electron chi connectivity index (χ2n) is 2.41. The first-order chi connectivity index (χ1) is 5.91. The van der Waals surface area contributed by atoms with Gasteiger partial charge in [-0.3, -0.25) is 5.10 Å². The zero-order valence-electron chi connectivity index (χ0n) is 6.35. The maximum absolute atomic E-state index is 12.2. The van der Waals surface area contributed by atoms with Gasteiger partial charge in [-0.1, -0.05) is 12.2 Å². The van der Waals surface area contributed by atoms with Crippen LogP contribution in [0.3, 0.4) is 0 Å². The standard InChI is InChI=1S/C6H6F3N3S/c7-6(8,9)5-3(1-4(10)13)2-11-12-5/h2H,1H2,(H2,10,13)(H,11,12). The van der Waals surface area contributed by atoms with Crippen molar-refractivity contribution < 1.29 is 13.2 Å². The molecule has 0 radical (unpaired) electrons. The minimum atomic E-state index is -4.43. The predicted molar refractivity (Wildman–Crippen MR) is 44.1 cm³/mol. The molecular weight excluding hydrogens is 203 g/mol. The zero-order chi connectivity index (χ0) is 10.1. The van der Waals surface area contributed by atoms with Crippen molar-refractivity contribution in [3.8, 4) is 0 Å². The molecule has 0 saturated carbocycles. The van der Waals surface area contributed by atoms with E-state index in [1.165, 1.54) is 0 Å². The number of rotatable bonds is 2. The van der Waals surface area contributed by atoms with Crippen molar-refractivity contribution in [2.75, 3.05) is 0 Å². The lowest BCUT2D eigenvalue weighted by molar-refractivity contribution is -0.141. The summed E-state index contributed by atoms with van der Waals surface area (Å²) in [5.74, 6) is 0. The van der Waals surface area contributed by atoms with Crippen LogP contribution in [0.4, 0.5) is 13.2 Å². The Balaban J connectivity index is 2.96. The monoisotopic (exact) mass is 209 g/mol. The number of thiocarbonyl (C=S) groups is 1. The van der Waals surface area contributed by atoms with Crippen molar-refractivity contribution in [3.05, 3.63) is 17.5 Å². The number of nitrogens with two attached hydrogens (primary N) is 1. The van der Waals surface area contributed by atoms with Crippen LogP contribution in [0, 0.1) is 0 Å². The summed E-state index contributed by atoms with van der Waals surface area (Å²) >= 11 is 4.49. The fraction of sp³-hybridized carbons (Fsp3) is 0.333. The molecule has 0 aliphatic heterocycles. The molecule has 0 saturated heterocycles. The molecule has 0 aliphatic rings. The second-order valence-corrected chi connectivity index (χ2v) is 2.94. The lowest BCUT2D eigenvalue weighted by atomic mass is 10.2. The SMILES string of the molecule is NC(=S)Cc1cn[nH]c1C(F)(F)F. The number of nitrogens with zero attached hydrogens (tertiary/aromatic N) is 1. The molecule has 1 aromatic heterocycles. The van der Waals surface area contributed by atoms with Gasteiger partial charge in [0.25, 0.3) is 0 Å². The molecule has 1 heterocycles. The molecule has 13 heavy (non-hydrogen) atoms. The number of nitrogens with one attached hydrogen (secondary N) is 1. The van der Waals surface area contributed by atoms with Gasteiger partial charge in [-0.05, 0) is 0 Å². The van der Waals surface area contributed by atoms with Gasteiger partial charge in [-0.15, -0.1) is 0 Å². The average Bonchev–Trinajstić information content (AvgIpc) is 2.31. The summed E-state index contributed by atoms with van der Waals surface area (Å²) in [6.07, 6.45) is -3.46. The van der Waals surface area contributed by atoms with Gasteiger partial charge in [0.05, 0.1) is 11.2 Å². The number of hydrogen-bond donors (Lipinski definition) is 2. The highest BCUT2D eigenvalue weighted by molar-refractivity contribution is 7.80. The number of H-pyrrole nitrogens is 1. The fourth-order valence-corrected chi connectivity index (χ4v) is 1.03. The molecule has 0 atom stereocenters. The van der Waals surface area contributed by atoms with Crippen LogP contribution >= 0.6 is 12.2 Å². The molecule has 0 amide bonds. The minimum absolute atomic E-state index is 0.00639. The molecule has 0 unspecified atom stereocenters. The van der Waals surface area contributed by atoms with Crippen molar-refractivity contribution in [1.82, 2.24) is 10.2 Å². The van der Waals surface area contributed by atoms with Crippen LogP contribution in [0.1, 0.15) is 11.3 Å². The van der Waals surface area contributed by atoms with E-state index in [9.17, 15) is 13.2 Å². The van der Waals surface area contributed by atoms with Crippen molar-refractivity contribution in [2.45, 2.75) is 12.6 Å². The average molecular weight is 209 g/mol. The van der Waals surface area contributed by atoms with Gasteiger partial charge in [-0.2, -0.15) is 18.3 Å². The lowest BCUT2D eigenvalue weighted by Crippen LogP contribution is -2.15. The second kappa shape index (κ2) is 3.33. The third kappa shape index (κ3) is 2.41. The molecule has 3 N–H and O–H groups in total. The number of aromatic nitrogens is 2. The molecule has 0 spiro atoms. The first-order valence-electron chi connectivity index (χ1n) is 3.29. The molecule has 0 aromatic carbocycles. The van der Waals surface area contributed by atoms with E-state index in [4.69, 9.17) is 5.73 Å². The first kappa shape index (κ1) is 9.97. The lowest BCUT2D eigenvalue weighted by Gasteiger charge is -2.05. The molecule has 0 fully saturated rings. The smallest absolute Gasteiger partial charge is 0.393 e. The molecule has 1 rings (SSSR count). The summed E-state index contributed by atoms with van der Waals surface area (Å²) < 4.78 is 36.5. The first-order valence-corrected chi connectivity index (χ1v) is 3.70. The molecule has 0 aliphatic carbocycles. The number of halogens is 3. The van der Waals surface area contributed by atoms with E-state index in [0.717, 1.165) is 6.20 Å². The predicted octanol–water partition coefficient (Wildman–Crippen LogP) is 1.26. The van der Waals surface area contributed by atoms with Crippen LogP contribution < -0.4 is 5.73 Å². The van der Waals surface area contributed by atoms with E-state index < -0.39 is 11.9 Å². The van der Waals surface area contributed by atoms with Gasteiger partial charge in [0.2, 0.25) is 0 Å². The highest BCUT2D eigenvalue weighted by Crippen LogP contribution is 2.30. The Morgan fingerprint density at radius 1 is 1.62 bits per heavy atom. The summed E-state index contributed by atoms with van der Waals surface area (Å²) in [5.41, 5.74) is 4.20. The Hall–Kier alpha value is -1.11. The topological polar surface area (TPSA) is 54.7 Å². The molecule has 7 heteroatoms. The Bertz CT molecular complexity index is 317. The molecule has 3 nitrogen and oxygen atoms in total. The Morgan fingerprint density at radius 3 is 2.69 bits per heavy atom. The molecule has 0 bridgehead atoms. The quantitative estimate of drug-likeness (QED) is 0.721. The summed E-state index contributed by atoms with van der Waals surface area (Å²) in [5, 5.41) is 5.14. The Labute approximate surface area is 77.1 Å². The summed E-state index contributed by atoms with van der Waals surface area (Å²) in [4.78, 5) is 0.00639. The largest absolute Gasteiger partial charge is 0.433 e. The summed E-state index contributed by atoms with van der Waals surface area (Å²) in [6.45, 7) is 0. The van der Waals surface area contributed by atoms with Crippen LogP contribution in [0.2, 0.25) is 0 Å². The number of aromatic amines is 1. The highest BCUT2D eigenvalue weighted by atomic mass is 32.1. The van der Waals surface area contributed by atoms with Crippen LogP contribution in [-0.4, -0.2) is 15.2 Å². The van der Waals surface area contributed by atoms with Crippen LogP contribution in [0.5, 0.6) is 0 Å². The molecular formula is C6H6F3N3S. The number of hydrogen-bond acceptors (Lipinski definition) is 2. The number of alkyl halides is 3. The Morgan fingerprint density at radius 2 is 2.23 bits per heavy atom. The van der Waals surface area contributed by atoms with E-state index in [2.05, 4.69) is 17.3 Å². The van der Waals surface area contributed by atoms with Gasteiger partial charge in [0.15, 0.2) is 0 Å². The van der Waals surface area contributed by atoms with E-state index >= 15 is 0 Å². The normalized spacial score (nSPS) is 11.6. The van der Waals surface area contributed by atoms with Gasteiger partial charge in [-0.25, -0.2) is 0 Å². The minimum Gasteiger partial charge on any atom is -0.393 e. The summed E-state index contributed by atoms with van der Waals surface area (Å²) in [7, 11) is 0. The fourth-order valence-electron chi connectivity index (χ4n) is 0.878. The maximum atomic E-state index is 12.2. The highest BCUT2D eigenvalue weighted by Gasteiger charge is 2.35. The Kier molecular flexibility index (Phi) is 2.55. The maximum Gasteiger partial charge on any atom is 0.433 e. The van der Waals surface area contributed by atoms with Gasteiger partial charge < -0.3 is 5.73 Å². The van der Waals surface area contributed by atoms with E-state index in [0.29, 0.717) is 0 Å². The van der Waals surface area contributed by atoms with Crippen molar-refractivity contribution in [2.24, 2.45) is 5.73 Å².